The lowest BCUT2D eigenvalue weighted by molar-refractivity contribution is 0.501. The third-order valence-corrected chi connectivity index (χ3v) is 2.55. The van der Waals surface area contributed by atoms with Crippen LogP contribution in [0.4, 0.5) is 0 Å². The Balaban J connectivity index is 4.07. The third-order valence-electron chi connectivity index (χ3n) is 2.20. The summed E-state index contributed by atoms with van der Waals surface area (Å²) in [5, 5.41) is 0.177. The van der Waals surface area contributed by atoms with Crippen molar-refractivity contribution in [3.05, 3.63) is 11.6 Å². The van der Waals surface area contributed by atoms with Gasteiger partial charge in [0.25, 0.3) is 0 Å². The summed E-state index contributed by atoms with van der Waals surface area (Å²) in [4.78, 5) is 0. The molecule has 2 unspecified atom stereocenters. The Hall–Kier alpha value is 0.0300. The molecule has 0 aromatic heterocycles. The first kappa shape index (κ1) is 11.0. The lowest BCUT2D eigenvalue weighted by atomic mass is 9.95. The zero-order valence-electron chi connectivity index (χ0n) is 8.19. The number of hydrogen-bond donors (Lipinski definition) is 0. The van der Waals surface area contributed by atoms with Crippen molar-refractivity contribution >= 4 is 11.6 Å². The molecular weight excluding hydrogens is 156 g/mol. The van der Waals surface area contributed by atoms with Crippen LogP contribution in [-0.2, 0) is 0 Å². The van der Waals surface area contributed by atoms with Crippen LogP contribution in [-0.4, -0.2) is 5.38 Å². The first-order chi connectivity index (χ1) is 4.95. The van der Waals surface area contributed by atoms with Gasteiger partial charge >= 0.3 is 0 Å². The van der Waals surface area contributed by atoms with Crippen molar-refractivity contribution in [3.8, 4) is 0 Å². The normalized spacial score (nSPS) is 18.6. The largest absolute Gasteiger partial charge is 0.119 e. The Morgan fingerprint density at radius 1 is 1.18 bits per heavy atom. The van der Waals surface area contributed by atoms with Crippen LogP contribution >= 0.6 is 11.6 Å². The van der Waals surface area contributed by atoms with Crippen molar-refractivity contribution in [1.29, 1.82) is 0 Å². The second kappa shape index (κ2) is 4.82. The van der Waals surface area contributed by atoms with Gasteiger partial charge in [0.2, 0.25) is 0 Å². The fraction of sp³-hybridized carbons (Fsp3) is 0.800. The van der Waals surface area contributed by atoms with E-state index < -0.39 is 0 Å². The van der Waals surface area contributed by atoms with Crippen LogP contribution in [0.1, 0.15) is 34.6 Å². The van der Waals surface area contributed by atoms with Gasteiger partial charge in [-0.05, 0) is 25.7 Å². The Kier molecular flexibility index (Phi) is 4.83. The van der Waals surface area contributed by atoms with Gasteiger partial charge in [-0.25, -0.2) is 0 Å². The van der Waals surface area contributed by atoms with Crippen LogP contribution in [0, 0.1) is 11.8 Å². The first-order valence-electron chi connectivity index (χ1n) is 4.27. The van der Waals surface area contributed by atoms with Gasteiger partial charge < -0.3 is 0 Å². The fourth-order valence-corrected chi connectivity index (χ4v) is 0.812. The maximum Gasteiger partial charge on any atom is 0.0514 e. The predicted molar refractivity (Wildman–Crippen MR) is 53.1 cm³/mol. The summed E-state index contributed by atoms with van der Waals surface area (Å²) in [6.45, 7) is 10.8. The SMILES string of the molecule is C/C(=C/C(C)C(C)C)C(C)Cl. The Labute approximate surface area is 75.6 Å². The van der Waals surface area contributed by atoms with E-state index in [0.29, 0.717) is 11.8 Å². The lowest BCUT2D eigenvalue weighted by Gasteiger charge is -2.13. The van der Waals surface area contributed by atoms with Crippen molar-refractivity contribution < 1.29 is 0 Å². The Morgan fingerprint density at radius 3 is 1.91 bits per heavy atom. The highest BCUT2D eigenvalue weighted by molar-refractivity contribution is 6.22. The van der Waals surface area contributed by atoms with Crippen LogP contribution in [0.5, 0.6) is 0 Å². The molecule has 0 N–H and O–H groups in total. The second-order valence-corrected chi connectivity index (χ2v) is 4.28. The molecule has 0 aliphatic carbocycles. The number of halogens is 1. The van der Waals surface area contributed by atoms with E-state index in [4.69, 9.17) is 11.6 Å². The molecule has 0 amide bonds. The molecule has 0 radical (unpaired) electrons. The predicted octanol–water partition coefficient (Wildman–Crippen LogP) is 3.85. The summed E-state index contributed by atoms with van der Waals surface area (Å²) in [7, 11) is 0. The van der Waals surface area contributed by atoms with Gasteiger partial charge in [0, 0.05) is 0 Å². The Bertz CT molecular complexity index is 134. The molecule has 1 heteroatoms. The van der Waals surface area contributed by atoms with E-state index in [9.17, 15) is 0 Å². The first-order valence-corrected chi connectivity index (χ1v) is 4.71. The molecule has 66 valence electrons. The minimum Gasteiger partial charge on any atom is -0.119 e. The number of rotatable bonds is 3. The van der Waals surface area contributed by atoms with Gasteiger partial charge in [-0.15, -0.1) is 11.6 Å². The Morgan fingerprint density at radius 2 is 1.64 bits per heavy atom. The van der Waals surface area contributed by atoms with E-state index in [2.05, 4.69) is 33.8 Å². The number of allylic oxidation sites excluding steroid dienone is 2. The maximum absolute atomic E-state index is 5.91. The van der Waals surface area contributed by atoms with Gasteiger partial charge in [-0.3, -0.25) is 0 Å². The highest BCUT2D eigenvalue weighted by atomic mass is 35.5. The van der Waals surface area contributed by atoms with Crippen molar-refractivity contribution in [3.63, 3.8) is 0 Å². The molecule has 11 heavy (non-hydrogen) atoms. The average Bonchev–Trinajstić information content (AvgIpc) is 1.87. The van der Waals surface area contributed by atoms with Crippen molar-refractivity contribution in [2.24, 2.45) is 11.8 Å². The summed E-state index contributed by atoms with van der Waals surface area (Å²) in [5.41, 5.74) is 1.29. The molecule has 0 aliphatic heterocycles. The molecule has 0 fully saturated rings. The second-order valence-electron chi connectivity index (χ2n) is 3.63. The highest BCUT2D eigenvalue weighted by Crippen LogP contribution is 2.16. The minimum absolute atomic E-state index is 0.177. The summed E-state index contributed by atoms with van der Waals surface area (Å²) in [6, 6.07) is 0. The quantitative estimate of drug-likeness (QED) is 0.451. The molecule has 0 aromatic rings. The molecule has 0 saturated carbocycles. The average molecular weight is 175 g/mol. The summed E-state index contributed by atoms with van der Waals surface area (Å²) < 4.78 is 0. The molecule has 0 nitrogen and oxygen atoms in total. The van der Waals surface area contributed by atoms with E-state index in [1.54, 1.807) is 0 Å². The van der Waals surface area contributed by atoms with Crippen molar-refractivity contribution in [2.75, 3.05) is 0 Å². The van der Waals surface area contributed by atoms with Crippen LogP contribution < -0.4 is 0 Å². The molecule has 0 spiro atoms. The molecule has 2 atom stereocenters. The molecule has 0 saturated heterocycles. The smallest absolute Gasteiger partial charge is 0.0514 e. The highest BCUT2D eigenvalue weighted by Gasteiger charge is 2.05. The van der Waals surface area contributed by atoms with E-state index in [-0.39, 0.29) is 5.38 Å². The molecule has 0 rings (SSSR count). The monoisotopic (exact) mass is 174 g/mol. The van der Waals surface area contributed by atoms with Gasteiger partial charge in [0.15, 0.2) is 0 Å². The molecule has 0 aromatic carbocycles. The van der Waals surface area contributed by atoms with E-state index >= 15 is 0 Å². The molecule has 0 aliphatic rings. The van der Waals surface area contributed by atoms with E-state index in [1.165, 1.54) is 5.57 Å². The van der Waals surface area contributed by atoms with Gasteiger partial charge in [-0.2, -0.15) is 0 Å². The van der Waals surface area contributed by atoms with Crippen LogP contribution in [0.2, 0.25) is 0 Å². The topological polar surface area (TPSA) is 0 Å². The third kappa shape index (κ3) is 4.47. The van der Waals surface area contributed by atoms with Crippen molar-refractivity contribution in [2.45, 2.75) is 40.0 Å². The zero-order valence-corrected chi connectivity index (χ0v) is 8.94. The van der Waals surface area contributed by atoms with E-state index in [1.807, 2.05) is 6.92 Å². The van der Waals surface area contributed by atoms with Crippen LogP contribution in [0.3, 0.4) is 0 Å². The van der Waals surface area contributed by atoms with Gasteiger partial charge in [0.1, 0.15) is 0 Å². The van der Waals surface area contributed by atoms with E-state index in [0.717, 1.165) is 0 Å². The van der Waals surface area contributed by atoms with Gasteiger partial charge in [0.05, 0.1) is 5.38 Å². The molecular formula is C10H19Cl. The zero-order chi connectivity index (χ0) is 9.02. The standard InChI is InChI=1S/C10H19Cl/c1-7(2)8(3)6-9(4)10(5)11/h6-8,10H,1-5H3/b9-6-. The van der Waals surface area contributed by atoms with Gasteiger partial charge in [-0.1, -0.05) is 32.4 Å². The maximum atomic E-state index is 5.91. The van der Waals surface area contributed by atoms with Crippen LogP contribution in [0.25, 0.3) is 0 Å². The lowest BCUT2D eigenvalue weighted by Crippen LogP contribution is -2.03. The molecule has 0 heterocycles. The fourth-order valence-electron chi connectivity index (χ4n) is 0.740. The molecule has 0 bridgehead atoms. The summed E-state index contributed by atoms with van der Waals surface area (Å²) >= 11 is 5.91. The van der Waals surface area contributed by atoms with Crippen molar-refractivity contribution in [1.82, 2.24) is 0 Å². The number of hydrogen-bond acceptors (Lipinski definition) is 0. The minimum atomic E-state index is 0.177. The number of alkyl halides is 1. The summed E-state index contributed by atoms with van der Waals surface area (Å²) in [5.74, 6) is 1.34. The summed E-state index contributed by atoms with van der Waals surface area (Å²) in [6.07, 6.45) is 2.27. The van der Waals surface area contributed by atoms with Crippen LogP contribution in [0.15, 0.2) is 11.6 Å².